The lowest BCUT2D eigenvalue weighted by molar-refractivity contribution is 0.723. The zero-order chi connectivity index (χ0) is 5.54. The minimum Gasteiger partial charge on any atom is -0.215 e. The summed E-state index contributed by atoms with van der Waals surface area (Å²) in [5, 5.41) is 2.27. The zero-order valence-electron chi connectivity index (χ0n) is 3.47. The summed E-state index contributed by atoms with van der Waals surface area (Å²) < 4.78 is 21.9. The summed E-state index contributed by atoms with van der Waals surface area (Å²) in [5.41, 5.74) is 0. The number of halogens is 2. The maximum Gasteiger partial charge on any atom is 0.0933 e. The Morgan fingerprint density at radius 3 is 1.71 bits per heavy atom. The molecule has 0 N–H and O–H groups in total. The van der Waals surface area contributed by atoms with Crippen LogP contribution in [0.2, 0.25) is 0 Å². The monoisotopic (exact) mass is 122 g/mol. The smallest absolute Gasteiger partial charge is 0.0933 e. The fourth-order valence-electron chi connectivity index (χ4n) is 0.105. The Hall–Kier alpha value is -0.310. The molecule has 0 atom stereocenters. The molecule has 7 heavy (non-hydrogen) atoms. The molecule has 0 unspecified atom stereocenters. The highest BCUT2D eigenvalue weighted by Gasteiger charge is 1.65. The van der Waals surface area contributed by atoms with Crippen molar-refractivity contribution >= 4 is 11.8 Å². The summed E-state index contributed by atoms with van der Waals surface area (Å²) in [6.07, 6.45) is 0.704. The van der Waals surface area contributed by atoms with E-state index in [-0.39, 0.29) is 0 Å². The third-order valence-electron chi connectivity index (χ3n) is 0.260. The average Bonchev–Trinajstić information content (AvgIpc) is 1.69. The van der Waals surface area contributed by atoms with Crippen LogP contribution in [-0.2, 0) is 0 Å². The molecule has 0 aliphatic carbocycles. The van der Waals surface area contributed by atoms with Gasteiger partial charge >= 0.3 is 0 Å². The predicted octanol–water partition coefficient (Wildman–Crippen LogP) is 2.60. The van der Waals surface area contributed by atoms with Gasteiger partial charge in [0, 0.05) is 10.8 Å². The van der Waals surface area contributed by atoms with Crippen molar-refractivity contribution in [2.75, 3.05) is 0 Å². The Morgan fingerprint density at radius 2 is 1.43 bits per heavy atom. The standard InChI is InChI=1S/C4H4F2S/c5-1-3-7-4-2-6/h1-4H. The first kappa shape index (κ1) is 6.69. The molecule has 0 rings (SSSR count). The van der Waals surface area contributed by atoms with Crippen molar-refractivity contribution in [3.63, 3.8) is 0 Å². The second-order valence-corrected chi connectivity index (χ2v) is 1.48. The van der Waals surface area contributed by atoms with E-state index in [0.29, 0.717) is 12.7 Å². The minimum atomic E-state index is 0.352. The van der Waals surface area contributed by atoms with Crippen LogP contribution in [0.4, 0.5) is 8.78 Å². The van der Waals surface area contributed by atoms with Gasteiger partial charge in [-0.05, 0) is 0 Å². The van der Waals surface area contributed by atoms with E-state index in [1.807, 2.05) is 0 Å². The molecule has 40 valence electrons. The SMILES string of the molecule is FC=CSC=CF. The van der Waals surface area contributed by atoms with Crippen LogP contribution in [0.3, 0.4) is 0 Å². The number of hydrogen-bond donors (Lipinski definition) is 0. The fourth-order valence-corrected chi connectivity index (χ4v) is 0.314. The van der Waals surface area contributed by atoms with Gasteiger partial charge in [-0.15, -0.1) is 11.8 Å². The molecule has 0 aromatic carbocycles. The van der Waals surface area contributed by atoms with Crippen molar-refractivity contribution in [2.24, 2.45) is 0 Å². The molecule has 0 nitrogen and oxygen atoms in total. The molecule has 0 aliphatic heterocycles. The Labute approximate surface area is 44.9 Å². The van der Waals surface area contributed by atoms with Crippen molar-refractivity contribution in [1.29, 1.82) is 0 Å². The molecule has 0 spiro atoms. The second kappa shape index (κ2) is 5.69. The van der Waals surface area contributed by atoms with Gasteiger partial charge in [-0.25, -0.2) is 8.78 Å². The van der Waals surface area contributed by atoms with Crippen LogP contribution in [0.15, 0.2) is 23.5 Å². The van der Waals surface area contributed by atoms with Gasteiger partial charge < -0.3 is 0 Å². The first-order chi connectivity index (χ1) is 3.41. The molecule has 0 saturated carbocycles. The first-order valence-electron chi connectivity index (χ1n) is 1.57. The van der Waals surface area contributed by atoms with Gasteiger partial charge in [0.1, 0.15) is 0 Å². The minimum absolute atomic E-state index is 0.352. The quantitative estimate of drug-likeness (QED) is 0.542. The van der Waals surface area contributed by atoms with Crippen LogP contribution in [0.25, 0.3) is 0 Å². The number of thioether (sulfide) groups is 1. The molecule has 0 aromatic heterocycles. The highest BCUT2D eigenvalue weighted by molar-refractivity contribution is 8.04. The lowest BCUT2D eigenvalue weighted by Gasteiger charge is -1.70. The molecule has 0 aromatic rings. The normalized spacial score (nSPS) is 11.7. The molecule has 0 saturated heterocycles. The maximum absolute atomic E-state index is 11.0. The van der Waals surface area contributed by atoms with Gasteiger partial charge in [-0.1, -0.05) is 0 Å². The number of hydrogen-bond acceptors (Lipinski definition) is 1. The topological polar surface area (TPSA) is 0 Å². The van der Waals surface area contributed by atoms with Crippen LogP contribution in [0, 0.1) is 0 Å². The molecule has 0 amide bonds. The van der Waals surface area contributed by atoms with Crippen LogP contribution in [-0.4, -0.2) is 0 Å². The Bertz CT molecular complexity index is 67.8. The molecular weight excluding hydrogens is 118 g/mol. The third kappa shape index (κ3) is 5.69. The predicted molar refractivity (Wildman–Crippen MR) is 28.1 cm³/mol. The van der Waals surface area contributed by atoms with E-state index in [0.717, 1.165) is 22.6 Å². The molecule has 0 aliphatic rings. The lowest BCUT2D eigenvalue weighted by Crippen LogP contribution is -1.36. The van der Waals surface area contributed by atoms with Crippen molar-refractivity contribution in [2.45, 2.75) is 0 Å². The van der Waals surface area contributed by atoms with Gasteiger partial charge in [0.25, 0.3) is 0 Å². The van der Waals surface area contributed by atoms with E-state index in [4.69, 9.17) is 0 Å². The Balaban J connectivity index is 2.98. The molecule has 0 heterocycles. The summed E-state index contributed by atoms with van der Waals surface area (Å²) >= 11 is 0.942. The van der Waals surface area contributed by atoms with Gasteiger partial charge in [0.15, 0.2) is 0 Å². The van der Waals surface area contributed by atoms with Gasteiger partial charge in [0.2, 0.25) is 0 Å². The van der Waals surface area contributed by atoms with E-state index in [9.17, 15) is 8.78 Å². The second-order valence-electron chi connectivity index (χ2n) is 0.660. The Morgan fingerprint density at radius 1 is 1.00 bits per heavy atom. The number of rotatable bonds is 2. The summed E-state index contributed by atoms with van der Waals surface area (Å²) in [6.45, 7) is 0. The summed E-state index contributed by atoms with van der Waals surface area (Å²) in [5.74, 6) is 0. The van der Waals surface area contributed by atoms with Crippen LogP contribution >= 0.6 is 11.8 Å². The van der Waals surface area contributed by atoms with E-state index >= 15 is 0 Å². The van der Waals surface area contributed by atoms with Crippen LogP contribution < -0.4 is 0 Å². The van der Waals surface area contributed by atoms with E-state index < -0.39 is 0 Å². The van der Waals surface area contributed by atoms with Crippen molar-refractivity contribution in [3.05, 3.63) is 23.5 Å². The maximum atomic E-state index is 11.0. The van der Waals surface area contributed by atoms with Gasteiger partial charge in [-0.3, -0.25) is 0 Å². The van der Waals surface area contributed by atoms with E-state index in [2.05, 4.69) is 0 Å². The lowest BCUT2D eigenvalue weighted by atomic mass is 11.2. The summed E-state index contributed by atoms with van der Waals surface area (Å²) in [4.78, 5) is 0. The molecule has 3 heteroatoms. The molecule has 0 bridgehead atoms. The van der Waals surface area contributed by atoms with Crippen LogP contribution in [0.1, 0.15) is 0 Å². The summed E-state index contributed by atoms with van der Waals surface area (Å²) in [7, 11) is 0. The highest BCUT2D eigenvalue weighted by atomic mass is 32.2. The van der Waals surface area contributed by atoms with Crippen molar-refractivity contribution in [1.82, 2.24) is 0 Å². The first-order valence-corrected chi connectivity index (χ1v) is 2.52. The van der Waals surface area contributed by atoms with E-state index in [1.54, 1.807) is 0 Å². The van der Waals surface area contributed by atoms with Crippen LogP contribution in [0.5, 0.6) is 0 Å². The van der Waals surface area contributed by atoms with Gasteiger partial charge in [-0.2, -0.15) is 0 Å². The van der Waals surface area contributed by atoms with Crippen molar-refractivity contribution in [3.8, 4) is 0 Å². The van der Waals surface area contributed by atoms with Crippen molar-refractivity contribution < 1.29 is 8.78 Å². The van der Waals surface area contributed by atoms with E-state index in [1.165, 1.54) is 0 Å². The average molecular weight is 122 g/mol. The van der Waals surface area contributed by atoms with Gasteiger partial charge in [0.05, 0.1) is 12.7 Å². The highest BCUT2D eigenvalue weighted by Crippen LogP contribution is 2.02. The molecular formula is C4H4F2S. The largest absolute Gasteiger partial charge is 0.215 e. The third-order valence-corrected chi connectivity index (χ3v) is 0.780. The Kier molecular flexibility index (Phi) is 5.44. The molecule has 0 fully saturated rings. The molecule has 0 radical (unpaired) electrons. The fraction of sp³-hybridized carbons (Fsp3) is 0. The summed E-state index contributed by atoms with van der Waals surface area (Å²) in [6, 6.07) is 0. The zero-order valence-corrected chi connectivity index (χ0v) is 4.29.